The maximum Gasteiger partial charge on any atom is 0.280 e. The molecule has 1 fully saturated rings. The van der Waals surface area contributed by atoms with Gasteiger partial charge in [-0.15, -0.1) is 0 Å². The summed E-state index contributed by atoms with van der Waals surface area (Å²) in [7, 11) is 1.33. The zero-order chi connectivity index (χ0) is 15.1. The van der Waals surface area contributed by atoms with Gasteiger partial charge >= 0.3 is 0 Å². The first kappa shape index (κ1) is 13.9. The highest BCUT2D eigenvalue weighted by molar-refractivity contribution is 5.70. The first-order valence-electron chi connectivity index (χ1n) is 6.22. The highest BCUT2D eigenvalue weighted by atomic mass is 19.1. The number of anilines is 1. The molecule has 114 valence electrons. The van der Waals surface area contributed by atoms with Crippen LogP contribution in [0.1, 0.15) is 6.23 Å². The number of H-pyrrole nitrogens is 1. The number of nitrogens with two attached hydrogens (primary N) is 1. The number of nitrogens with zero attached hydrogens (tertiary/aromatic N) is 3. The Morgan fingerprint density at radius 2 is 2.43 bits per heavy atom. The molecule has 2 aromatic heterocycles. The fraction of sp³-hybridized carbons (Fsp3) is 0.545. The monoisotopic (exact) mass is 299 g/mol. The maximum absolute atomic E-state index is 14.1. The third kappa shape index (κ3) is 2.07. The number of nitrogens with one attached hydrogen (secondary N) is 1. The Kier molecular flexibility index (Phi) is 3.35. The molecule has 1 aliphatic rings. The van der Waals surface area contributed by atoms with Crippen LogP contribution in [0.4, 0.5) is 10.3 Å². The standard InChI is InChI=1S/C11H14FN5O4/c1-20-7-5(12)4(2-18)21-10(7)17-3-14-6-8(17)15-11(13)16-9(6)19/h3-5,7,10,18H,2H2,1H3,(H3,13,15,16,19)/t4-,5?,7?,10-/m1/s1. The van der Waals surface area contributed by atoms with Crippen LogP contribution < -0.4 is 11.3 Å². The largest absolute Gasteiger partial charge is 0.394 e. The van der Waals surface area contributed by atoms with Crippen LogP contribution in [0, 0.1) is 0 Å². The Hall–Kier alpha value is -2.04. The molecular formula is C11H14FN5O4. The predicted molar refractivity (Wildman–Crippen MR) is 69.2 cm³/mol. The van der Waals surface area contributed by atoms with Gasteiger partial charge in [-0.2, -0.15) is 4.98 Å². The van der Waals surface area contributed by atoms with Crippen LogP contribution in [-0.2, 0) is 9.47 Å². The molecule has 3 rings (SSSR count). The zero-order valence-electron chi connectivity index (χ0n) is 11.1. The molecule has 0 amide bonds. The number of hydrogen-bond acceptors (Lipinski definition) is 7. The molecule has 9 nitrogen and oxygen atoms in total. The van der Waals surface area contributed by atoms with Crippen LogP contribution in [0.2, 0.25) is 0 Å². The van der Waals surface area contributed by atoms with Gasteiger partial charge in [0.1, 0.15) is 12.2 Å². The fourth-order valence-corrected chi connectivity index (χ4v) is 2.44. The highest BCUT2D eigenvalue weighted by Crippen LogP contribution is 2.34. The number of fused-ring (bicyclic) bond motifs is 1. The van der Waals surface area contributed by atoms with Gasteiger partial charge < -0.3 is 20.3 Å². The van der Waals surface area contributed by atoms with Crippen LogP contribution in [0.5, 0.6) is 0 Å². The molecule has 0 aliphatic carbocycles. The molecule has 0 saturated carbocycles. The molecule has 1 saturated heterocycles. The van der Waals surface area contributed by atoms with Crippen LogP contribution >= 0.6 is 0 Å². The summed E-state index contributed by atoms with van der Waals surface area (Å²) in [4.78, 5) is 22.0. The predicted octanol–water partition coefficient (Wildman–Crippen LogP) is -1.06. The number of hydrogen-bond donors (Lipinski definition) is 3. The average molecular weight is 299 g/mol. The molecule has 21 heavy (non-hydrogen) atoms. The summed E-state index contributed by atoms with van der Waals surface area (Å²) in [6.45, 7) is -0.486. The minimum absolute atomic E-state index is 0.0607. The van der Waals surface area contributed by atoms with Gasteiger partial charge in [0.15, 0.2) is 23.6 Å². The number of nitrogen functional groups attached to an aromatic ring is 1. The average Bonchev–Trinajstić information content (AvgIpc) is 2.99. The van der Waals surface area contributed by atoms with E-state index in [-0.39, 0.29) is 17.1 Å². The second-order valence-corrected chi connectivity index (χ2v) is 4.67. The third-order valence-electron chi connectivity index (χ3n) is 3.44. The summed E-state index contributed by atoms with van der Waals surface area (Å²) in [6, 6.07) is 0. The molecule has 1 aliphatic heterocycles. The van der Waals surface area contributed by atoms with E-state index in [1.54, 1.807) is 0 Å². The molecule has 2 unspecified atom stereocenters. The normalized spacial score (nSPS) is 29.3. The Balaban J connectivity index is 2.10. The Bertz CT molecular complexity index is 716. The second-order valence-electron chi connectivity index (χ2n) is 4.67. The topological polar surface area (TPSA) is 128 Å². The molecule has 4 atom stereocenters. The number of rotatable bonds is 3. The zero-order valence-corrected chi connectivity index (χ0v) is 11.1. The van der Waals surface area contributed by atoms with Gasteiger partial charge in [0, 0.05) is 7.11 Å². The van der Waals surface area contributed by atoms with Gasteiger partial charge in [-0.3, -0.25) is 14.3 Å². The van der Waals surface area contributed by atoms with Crippen molar-refractivity contribution < 1.29 is 19.0 Å². The molecule has 10 heteroatoms. The van der Waals surface area contributed by atoms with Crippen molar-refractivity contribution in [2.24, 2.45) is 0 Å². The molecule has 0 bridgehead atoms. The summed E-state index contributed by atoms with van der Waals surface area (Å²) < 4.78 is 26.0. The van der Waals surface area contributed by atoms with E-state index in [4.69, 9.17) is 20.3 Å². The molecular weight excluding hydrogens is 285 g/mol. The first-order chi connectivity index (χ1) is 10.1. The number of aromatic nitrogens is 4. The van der Waals surface area contributed by atoms with Gasteiger partial charge in [0.25, 0.3) is 5.56 Å². The van der Waals surface area contributed by atoms with Crippen LogP contribution in [-0.4, -0.2) is 56.7 Å². The lowest BCUT2D eigenvalue weighted by Gasteiger charge is -2.19. The van der Waals surface area contributed by atoms with Crippen molar-refractivity contribution in [1.29, 1.82) is 0 Å². The number of ether oxygens (including phenoxy) is 2. The second kappa shape index (κ2) is 5.06. The SMILES string of the molecule is COC1C(F)[C@@H](CO)O[C@H]1n1cnc2c(=O)[nH]c(N)nc21. The first-order valence-corrected chi connectivity index (χ1v) is 6.22. The van der Waals surface area contributed by atoms with Gasteiger partial charge in [-0.05, 0) is 0 Å². The van der Waals surface area contributed by atoms with Crippen molar-refractivity contribution in [2.45, 2.75) is 24.6 Å². The number of alkyl halides is 1. The van der Waals surface area contributed by atoms with E-state index < -0.39 is 36.8 Å². The number of aliphatic hydroxyl groups is 1. The van der Waals surface area contributed by atoms with E-state index in [1.165, 1.54) is 18.0 Å². The van der Waals surface area contributed by atoms with Crippen molar-refractivity contribution in [3.05, 3.63) is 16.7 Å². The Labute approximate surface area is 117 Å². The molecule has 4 N–H and O–H groups in total. The van der Waals surface area contributed by atoms with Crippen LogP contribution in [0.3, 0.4) is 0 Å². The van der Waals surface area contributed by atoms with E-state index >= 15 is 0 Å². The number of aromatic amines is 1. The lowest BCUT2D eigenvalue weighted by molar-refractivity contribution is -0.0583. The minimum Gasteiger partial charge on any atom is -0.394 e. The van der Waals surface area contributed by atoms with Gasteiger partial charge in [-0.1, -0.05) is 0 Å². The quantitative estimate of drug-likeness (QED) is 0.659. The summed E-state index contributed by atoms with van der Waals surface area (Å²) in [6.07, 6.45) is -3.09. The van der Waals surface area contributed by atoms with E-state index in [9.17, 15) is 9.18 Å². The van der Waals surface area contributed by atoms with E-state index in [1.807, 2.05) is 0 Å². The van der Waals surface area contributed by atoms with Crippen molar-refractivity contribution >= 4 is 17.1 Å². The van der Waals surface area contributed by atoms with Crippen molar-refractivity contribution in [2.75, 3.05) is 19.5 Å². The summed E-state index contributed by atoms with van der Waals surface area (Å²) >= 11 is 0. The van der Waals surface area contributed by atoms with Gasteiger partial charge in [-0.25, -0.2) is 9.37 Å². The summed E-state index contributed by atoms with van der Waals surface area (Å²) in [5, 5.41) is 9.13. The number of methoxy groups -OCH3 is 1. The van der Waals surface area contributed by atoms with Crippen molar-refractivity contribution in [3.63, 3.8) is 0 Å². The van der Waals surface area contributed by atoms with E-state index in [0.29, 0.717) is 0 Å². The van der Waals surface area contributed by atoms with Crippen molar-refractivity contribution in [1.82, 2.24) is 19.5 Å². The Morgan fingerprint density at radius 1 is 1.67 bits per heavy atom. The molecule has 0 spiro atoms. The molecule has 2 aromatic rings. The Morgan fingerprint density at radius 3 is 3.10 bits per heavy atom. The molecule has 0 radical (unpaired) electrons. The fourth-order valence-electron chi connectivity index (χ4n) is 2.44. The summed E-state index contributed by atoms with van der Waals surface area (Å²) in [5.74, 6) is -0.0864. The van der Waals surface area contributed by atoms with E-state index in [0.717, 1.165) is 0 Å². The van der Waals surface area contributed by atoms with E-state index in [2.05, 4.69) is 15.0 Å². The van der Waals surface area contributed by atoms with Crippen LogP contribution in [0.25, 0.3) is 11.2 Å². The minimum atomic E-state index is -1.51. The maximum atomic E-state index is 14.1. The third-order valence-corrected chi connectivity index (χ3v) is 3.44. The molecule has 0 aromatic carbocycles. The van der Waals surface area contributed by atoms with Gasteiger partial charge in [0.2, 0.25) is 5.95 Å². The number of aliphatic hydroxyl groups excluding tert-OH is 1. The number of halogens is 1. The summed E-state index contributed by atoms with van der Waals surface area (Å²) in [5.41, 5.74) is 5.23. The van der Waals surface area contributed by atoms with Crippen LogP contribution in [0.15, 0.2) is 11.1 Å². The van der Waals surface area contributed by atoms with Gasteiger partial charge in [0.05, 0.1) is 12.9 Å². The highest BCUT2D eigenvalue weighted by Gasteiger charge is 2.46. The molecule has 3 heterocycles. The lowest BCUT2D eigenvalue weighted by atomic mass is 10.1. The smallest absolute Gasteiger partial charge is 0.280 e. The van der Waals surface area contributed by atoms with Crippen molar-refractivity contribution in [3.8, 4) is 0 Å². The lowest BCUT2D eigenvalue weighted by Crippen LogP contribution is -2.31. The number of imidazole rings is 1.